The van der Waals surface area contributed by atoms with Crippen molar-refractivity contribution in [2.24, 2.45) is 0 Å². The van der Waals surface area contributed by atoms with Crippen molar-refractivity contribution in [1.82, 2.24) is 19.2 Å². The summed E-state index contributed by atoms with van der Waals surface area (Å²) in [5.41, 5.74) is 1.87. The van der Waals surface area contributed by atoms with Crippen LogP contribution in [0.5, 0.6) is 0 Å². The molecule has 4 aromatic rings. The lowest BCUT2D eigenvalue weighted by Gasteiger charge is -2.12. The normalized spacial score (nSPS) is 11.4. The van der Waals surface area contributed by atoms with Crippen molar-refractivity contribution in [1.29, 1.82) is 0 Å². The maximum absolute atomic E-state index is 13.1. The summed E-state index contributed by atoms with van der Waals surface area (Å²) in [5, 5.41) is 9.76. The third-order valence-corrected chi connectivity index (χ3v) is 4.12. The number of aryl methyl sites for hydroxylation is 1. The van der Waals surface area contributed by atoms with Crippen LogP contribution in [-0.2, 0) is 6.42 Å². The molecule has 0 N–H and O–H groups in total. The fourth-order valence-electron chi connectivity index (χ4n) is 2.83. The number of rotatable bonds is 2. The second kappa shape index (κ2) is 5.21. The summed E-state index contributed by atoms with van der Waals surface area (Å²) < 4.78 is 3.22. The molecule has 4 rings (SSSR count). The molecule has 5 nitrogen and oxygen atoms in total. The van der Waals surface area contributed by atoms with E-state index in [0.29, 0.717) is 22.9 Å². The number of halogens is 1. The fraction of sp³-hybridized carbons (Fsp3) is 0.118. The molecular formula is C17H13ClN4O. The third kappa shape index (κ3) is 2.04. The van der Waals surface area contributed by atoms with Crippen LogP contribution in [0, 0.1) is 0 Å². The van der Waals surface area contributed by atoms with E-state index in [9.17, 15) is 4.79 Å². The van der Waals surface area contributed by atoms with Crippen molar-refractivity contribution in [2.75, 3.05) is 0 Å². The van der Waals surface area contributed by atoms with Gasteiger partial charge in [0.25, 0.3) is 0 Å². The van der Waals surface area contributed by atoms with Gasteiger partial charge in [0.1, 0.15) is 5.82 Å². The first kappa shape index (κ1) is 14.0. The van der Waals surface area contributed by atoms with E-state index in [-0.39, 0.29) is 5.69 Å². The molecule has 0 aliphatic heterocycles. The molecule has 2 aromatic carbocycles. The van der Waals surface area contributed by atoms with Crippen LogP contribution in [0.2, 0.25) is 5.02 Å². The van der Waals surface area contributed by atoms with E-state index in [0.717, 1.165) is 16.6 Å². The van der Waals surface area contributed by atoms with Gasteiger partial charge in [-0.2, -0.15) is 0 Å². The zero-order valence-corrected chi connectivity index (χ0v) is 13.2. The lowest BCUT2D eigenvalue weighted by atomic mass is 10.2. The van der Waals surface area contributed by atoms with Crippen molar-refractivity contribution in [3.8, 4) is 5.69 Å². The Morgan fingerprint density at radius 3 is 2.61 bits per heavy atom. The quantitative estimate of drug-likeness (QED) is 0.569. The minimum Gasteiger partial charge on any atom is -0.261 e. The number of nitrogens with zero attached hydrogens (tertiary/aromatic N) is 4. The first-order valence-electron chi connectivity index (χ1n) is 7.34. The monoisotopic (exact) mass is 324 g/mol. The highest BCUT2D eigenvalue weighted by Crippen LogP contribution is 2.24. The second-order valence-electron chi connectivity index (χ2n) is 5.24. The van der Waals surface area contributed by atoms with Gasteiger partial charge in [0.2, 0.25) is 0 Å². The Labute approximate surface area is 136 Å². The summed E-state index contributed by atoms with van der Waals surface area (Å²) in [4.78, 5) is 13.1. The molecule has 0 saturated heterocycles. The fourth-order valence-corrected chi connectivity index (χ4v) is 3.00. The summed E-state index contributed by atoms with van der Waals surface area (Å²) >= 11 is 6.16. The topological polar surface area (TPSA) is 52.2 Å². The number of aromatic nitrogens is 4. The standard InChI is InChI=1S/C17H13ClN4O/c1-2-15-19-20-16-13-9-8-11(18)10-14(13)21(17(23)22(15)16)12-6-4-3-5-7-12/h3-10H,2H2,1H3. The molecule has 0 amide bonds. The highest BCUT2D eigenvalue weighted by atomic mass is 35.5. The molecule has 2 aromatic heterocycles. The molecule has 0 saturated carbocycles. The Morgan fingerprint density at radius 1 is 1.09 bits per heavy atom. The molecule has 0 bridgehead atoms. The SMILES string of the molecule is CCc1nnc2c3ccc(Cl)cc3n(-c3ccccc3)c(=O)n12. The van der Waals surface area contributed by atoms with Gasteiger partial charge < -0.3 is 0 Å². The molecule has 0 spiro atoms. The highest BCUT2D eigenvalue weighted by molar-refractivity contribution is 6.31. The molecule has 0 fully saturated rings. The number of hydrogen-bond acceptors (Lipinski definition) is 3. The van der Waals surface area contributed by atoms with Crippen LogP contribution in [-0.4, -0.2) is 19.2 Å². The first-order chi connectivity index (χ1) is 11.2. The molecule has 0 radical (unpaired) electrons. The lowest BCUT2D eigenvalue weighted by Crippen LogP contribution is -2.27. The van der Waals surface area contributed by atoms with Crippen LogP contribution < -0.4 is 5.69 Å². The Kier molecular flexibility index (Phi) is 3.16. The maximum Gasteiger partial charge on any atom is 0.340 e. The summed E-state index contributed by atoms with van der Waals surface area (Å²) in [7, 11) is 0. The molecule has 0 atom stereocenters. The summed E-state index contributed by atoms with van der Waals surface area (Å²) in [6, 6.07) is 15.0. The van der Waals surface area contributed by atoms with Crippen LogP contribution in [0.15, 0.2) is 53.3 Å². The number of para-hydroxylation sites is 1. The highest BCUT2D eigenvalue weighted by Gasteiger charge is 2.16. The molecule has 6 heteroatoms. The Hall–Kier alpha value is -2.66. The van der Waals surface area contributed by atoms with Crippen molar-refractivity contribution >= 4 is 28.2 Å². The van der Waals surface area contributed by atoms with E-state index >= 15 is 0 Å². The van der Waals surface area contributed by atoms with E-state index < -0.39 is 0 Å². The van der Waals surface area contributed by atoms with Gasteiger partial charge in [-0.3, -0.25) is 4.57 Å². The average molecular weight is 325 g/mol. The van der Waals surface area contributed by atoms with Gasteiger partial charge in [0, 0.05) is 16.8 Å². The van der Waals surface area contributed by atoms with Crippen LogP contribution in [0.3, 0.4) is 0 Å². The van der Waals surface area contributed by atoms with Crippen molar-refractivity contribution in [2.45, 2.75) is 13.3 Å². The molecule has 0 aliphatic carbocycles. The molecule has 114 valence electrons. The zero-order valence-electron chi connectivity index (χ0n) is 12.4. The second-order valence-corrected chi connectivity index (χ2v) is 5.68. The smallest absolute Gasteiger partial charge is 0.261 e. The van der Waals surface area contributed by atoms with Gasteiger partial charge in [-0.25, -0.2) is 9.20 Å². The predicted octanol–water partition coefficient (Wildman–Crippen LogP) is 3.25. The Bertz CT molecular complexity index is 1080. The van der Waals surface area contributed by atoms with E-state index in [2.05, 4.69) is 10.2 Å². The zero-order chi connectivity index (χ0) is 16.0. The molecule has 0 unspecified atom stereocenters. The van der Waals surface area contributed by atoms with E-state index in [1.54, 1.807) is 21.1 Å². The minimum atomic E-state index is -0.192. The van der Waals surface area contributed by atoms with Gasteiger partial charge in [-0.1, -0.05) is 36.7 Å². The number of hydrogen-bond donors (Lipinski definition) is 0. The van der Waals surface area contributed by atoms with Crippen molar-refractivity contribution in [3.63, 3.8) is 0 Å². The van der Waals surface area contributed by atoms with Gasteiger partial charge in [-0.15, -0.1) is 10.2 Å². The summed E-state index contributed by atoms with van der Waals surface area (Å²) in [5.74, 6) is 0.645. The van der Waals surface area contributed by atoms with Gasteiger partial charge >= 0.3 is 5.69 Å². The average Bonchev–Trinajstić information content (AvgIpc) is 3.00. The van der Waals surface area contributed by atoms with Gasteiger partial charge in [0.15, 0.2) is 5.65 Å². The van der Waals surface area contributed by atoms with E-state index in [4.69, 9.17) is 11.6 Å². The number of benzene rings is 2. The van der Waals surface area contributed by atoms with Crippen LogP contribution in [0.4, 0.5) is 0 Å². The lowest BCUT2D eigenvalue weighted by molar-refractivity contribution is 0.839. The van der Waals surface area contributed by atoms with E-state index in [1.807, 2.05) is 43.3 Å². The number of fused-ring (bicyclic) bond motifs is 3. The predicted molar refractivity (Wildman–Crippen MR) is 90.5 cm³/mol. The van der Waals surface area contributed by atoms with Crippen LogP contribution in [0.25, 0.3) is 22.2 Å². The molecule has 23 heavy (non-hydrogen) atoms. The largest absolute Gasteiger partial charge is 0.340 e. The molecule has 2 heterocycles. The molecule has 0 aliphatic rings. The molecular weight excluding hydrogens is 312 g/mol. The van der Waals surface area contributed by atoms with E-state index in [1.165, 1.54) is 0 Å². The minimum absolute atomic E-state index is 0.192. The Balaban J connectivity index is 2.28. The summed E-state index contributed by atoms with van der Waals surface area (Å²) in [6.07, 6.45) is 0.629. The first-order valence-corrected chi connectivity index (χ1v) is 7.72. The van der Waals surface area contributed by atoms with Crippen LogP contribution >= 0.6 is 11.6 Å². The van der Waals surface area contributed by atoms with Crippen molar-refractivity contribution < 1.29 is 0 Å². The maximum atomic E-state index is 13.1. The third-order valence-electron chi connectivity index (χ3n) is 3.88. The van der Waals surface area contributed by atoms with Gasteiger partial charge in [0.05, 0.1) is 11.2 Å². The van der Waals surface area contributed by atoms with Gasteiger partial charge in [-0.05, 0) is 30.3 Å². The Morgan fingerprint density at radius 2 is 1.87 bits per heavy atom. The van der Waals surface area contributed by atoms with Crippen molar-refractivity contribution in [3.05, 3.63) is 69.9 Å². The summed E-state index contributed by atoms with van der Waals surface area (Å²) in [6.45, 7) is 1.95. The van der Waals surface area contributed by atoms with Crippen LogP contribution in [0.1, 0.15) is 12.7 Å².